The summed E-state index contributed by atoms with van der Waals surface area (Å²) in [5.41, 5.74) is 0. The van der Waals surface area contributed by atoms with Crippen molar-refractivity contribution < 1.29 is 19.5 Å². The van der Waals surface area contributed by atoms with E-state index in [0.29, 0.717) is 6.29 Å². The van der Waals surface area contributed by atoms with Gasteiger partial charge in [0.1, 0.15) is 6.29 Å². The van der Waals surface area contributed by atoms with Crippen molar-refractivity contribution in [1.29, 1.82) is 0 Å². The molecule has 0 aliphatic rings. The van der Waals surface area contributed by atoms with Gasteiger partial charge in [-0.05, 0) is 6.42 Å². The molecule has 0 bridgehead atoms. The highest BCUT2D eigenvalue weighted by Crippen LogP contribution is 2.04. The summed E-state index contributed by atoms with van der Waals surface area (Å²) in [5, 5.41) is 13.2. The molecule has 2 atom stereocenters. The van der Waals surface area contributed by atoms with Crippen molar-refractivity contribution in [3.05, 3.63) is 0 Å². The summed E-state index contributed by atoms with van der Waals surface area (Å²) in [6, 6.07) is -1.26. The Kier molecular flexibility index (Phi) is 5.28. The van der Waals surface area contributed by atoms with E-state index in [-0.39, 0.29) is 6.42 Å². The molecule has 0 saturated heterocycles. The molecule has 2 amide bonds. The van der Waals surface area contributed by atoms with Crippen LogP contribution >= 0.6 is 0 Å². The minimum atomic E-state index is -0.990. The second kappa shape index (κ2) is 5.95. The third-order valence-electron chi connectivity index (χ3n) is 1.74. The Bertz CT molecular complexity index is 229. The van der Waals surface area contributed by atoms with E-state index in [1.807, 2.05) is 0 Å². The van der Waals surface area contributed by atoms with Gasteiger partial charge in [0.25, 0.3) is 0 Å². The van der Waals surface area contributed by atoms with Crippen LogP contribution in [0.25, 0.3) is 0 Å². The van der Waals surface area contributed by atoms with E-state index < -0.39 is 24.0 Å². The van der Waals surface area contributed by atoms with Crippen molar-refractivity contribution in [3.8, 4) is 0 Å². The van der Waals surface area contributed by atoms with E-state index in [1.54, 1.807) is 0 Å². The molecule has 3 N–H and O–H groups in total. The Hall–Kier alpha value is -1.59. The van der Waals surface area contributed by atoms with Gasteiger partial charge >= 0.3 is 12.0 Å². The average molecular weight is 202 g/mol. The molecule has 0 aromatic carbocycles. The van der Waals surface area contributed by atoms with E-state index in [0.717, 1.165) is 0 Å². The summed E-state index contributed by atoms with van der Waals surface area (Å²) in [6.07, 6.45) is 0.612. The van der Waals surface area contributed by atoms with Gasteiger partial charge in [0.15, 0.2) is 0 Å². The normalized spacial score (nSPS) is 13.9. The number of urea groups is 1. The number of amides is 2. The topological polar surface area (TPSA) is 95.5 Å². The van der Waals surface area contributed by atoms with Crippen molar-refractivity contribution >= 4 is 18.3 Å². The first-order valence-corrected chi connectivity index (χ1v) is 4.17. The minimum Gasteiger partial charge on any atom is -0.481 e. The lowest BCUT2D eigenvalue weighted by Gasteiger charge is -2.14. The van der Waals surface area contributed by atoms with Crippen molar-refractivity contribution in [1.82, 2.24) is 10.6 Å². The van der Waals surface area contributed by atoms with Crippen LogP contribution in [0.3, 0.4) is 0 Å². The van der Waals surface area contributed by atoms with Gasteiger partial charge < -0.3 is 20.5 Å². The van der Waals surface area contributed by atoms with Crippen LogP contribution in [-0.4, -0.2) is 36.5 Å². The molecular formula is C8H14N2O4. The van der Waals surface area contributed by atoms with Crippen molar-refractivity contribution in [3.63, 3.8) is 0 Å². The Morgan fingerprint density at radius 3 is 2.43 bits per heavy atom. The quantitative estimate of drug-likeness (QED) is 0.528. The van der Waals surface area contributed by atoms with Crippen LogP contribution in [0.1, 0.15) is 13.3 Å². The number of carboxylic acids is 1. The summed E-state index contributed by atoms with van der Waals surface area (Å²) in [5.74, 6) is -1.65. The highest BCUT2D eigenvalue weighted by molar-refractivity contribution is 5.78. The Labute approximate surface area is 81.7 Å². The van der Waals surface area contributed by atoms with Gasteiger partial charge in [-0.25, -0.2) is 4.79 Å². The monoisotopic (exact) mass is 202 g/mol. The van der Waals surface area contributed by atoms with Crippen molar-refractivity contribution in [2.75, 3.05) is 7.05 Å². The van der Waals surface area contributed by atoms with Gasteiger partial charge in [0.2, 0.25) is 0 Å². The molecule has 0 aliphatic carbocycles. The van der Waals surface area contributed by atoms with E-state index in [9.17, 15) is 14.4 Å². The maximum absolute atomic E-state index is 10.8. The largest absolute Gasteiger partial charge is 0.481 e. The number of aldehydes is 1. The molecule has 0 rings (SSSR count). The number of hydrogen-bond acceptors (Lipinski definition) is 3. The molecule has 0 aromatic rings. The predicted molar refractivity (Wildman–Crippen MR) is 48.9 cm³/mol. The van der Waals surface area contributed by atoms with Gasteiger partial charge in [-0.1, -0.05) is 6.92 Å². The Morgan fingerprint density at radius 1 is 1.50 bits per heavy atom. The third kappa shape index (κ3) is 4.44. The number of carboxylic acid groups (broad SMARTS) is 1. The second-order valence-corrected chi connectivity index (χ2v) is 2.94. The van der Waals surface area contributed by atoms with Crippen LogP contribution in [0.2, 0.25) is 0 Å². The molecule has 0 fully saturated rings. The lowest BCUT2D eigenvalue weighted by molar-refractivity contribution is -0.141. The molecule has 80 valence electrons. The zero-order valence-electron chi connectivity index (χ0n) is 8.11. The van der Waals surface area contributed by atoms with Gasteiger partial charge in [-0.15, -0.1) is 0 Å². The van der Waals surface area contributed by atoms with Crippen LogP contribution in [0.15, 0.2) is 0 Å². The third-order valence-corrected chi connectivity index (χ3v) is 1.74. The molecule has 0 heterocycles. The standard InChI is InChI=1S/C8H14N2O4/c1-5(7(12)13)3-6(4-11)10-8(14)9-2/h4-6H,3H2,1-2H3,(H,12,13)(H2,9,10,14). The number of carbonyl (C=O) groups excluding carboxylic acids is 2. The summed E-state index contributed by atoms with van der Waals surface area (Å²) in [4.78, 5) is 31.7. The molecule has 2 unspecified atom stereocenters. The molecule has 0 saturated carbocycles. The highest BCUT2D eigenvalue weighted by atomic mass is 16.4. The lowest BCUT2D eigenvalue weighted by Crippen LogP contribution is -2.42. The molecule has 0 aliphatic heterocycles. The van der Waals surface area contributed by atoms with Crippen molar-refractivity contribution in [2.45, 2.75) is 19.4 Å². The van der Waals surface area contributed by atoms with Crippen LogP contribution < -0.4 is 10.6 Å². The highest BCUT2D eigenvalue weighted by Gasteiger charge is 2.18. The van der Waals surface area contributed by atoms with Crippen LogP contribution in [-0.2, 0) is 9.59 Å². The van der Waals surface area contributed by atoms with Crippen LogP contribution in [0, 0.1) is 5.92 Å². The van der Waals surface area contributed by atoms with E-state index in [2.05, 4.69) is 10.6 Å². The zero-order chi connectivity index (χ0) is 11.1. The molecule has 0 radical (unpaired) electrons. The number of nitrogens with one attached hydrogen (secondary N) is 2. The number of carbonyl (C=O) groups is 3. The van der Waals surface area contributed by atoms with Crippen LogP contribution in [0.5, 0.6) is 0 Å². The van der Waals surface area contributed by atoms with Gasteiger partial charge in [-0.2, -0.15) is 0 Å². The maximum Gasteiger partial charge on any atom is 0.315 e. The fraction of sp³-hybridized carbons (Fsp3) is 0.625. The summed E-state index contributed by atoms with van der Waals surface area (Å²) in [7, 11) is 1.41. The number of hydrogen-bond donors (Lipinski definition) is 3. The Morgan fingerprint density at radius 2 is 2.07 bits per heavy atom. The molecule has 6 nitrogen and oxygen atoms in total. The molecule has 6 heteroatoms. The lowest BCUT2D eigenvalue weighted by atomic mass is 10.0. The van der Waals surface area contributed by atoms with E-state index >= 15 is 0 Å². The first-order chi connectivity index (χ1) is 6.51. The van der Waals surface area contributed by atoms with E-state index in [4.69, 9.17) is 5.11 Å². The average Bonchev–Trinajstić information content (AvgIpc) is 2.16. The van der Waals surface area contributed by atoms with Gasteiger partial charge in [0.05, 0.1) is 12.0 Å². The fourth-order valence-electron chi connectivity index (χ4n) is 0.871. The zero-order valence-corrected chi connectivity index (χ0v) is 8.11. The van der Waals surface area contributed by atoms with E-state index in [1.165, 1.54) is 14.0 Å². The number of rotatable bonds is 5. The summed E-state index contributed by atoms with van der Waals surface area (Å²) < 4.78 is 0. The molecular weight excluding hydrogens is 188 g/mol. The smallest absolute Gasteiger partial charge is 0.315 e. The molecule has 0 spiro atoms. The van der Waals surface area contributed by atoms with Gasteiger partial charge in [0, 0.05) is 7.05 Å². The Balaban J connectivity index is 4.09. The van der Waals surface area contributed by atoms with Gasteiger partial charge in [-0.3, -0.25) is 4.79 Å². The second-order valence-electron chi connectivity index (χ2n) is 2.94. The predicted octanol–water partition coefficient (Wildman–Crippen LogP) is -0.406. The fourth-order valence-corrected chi connectivity index (χ4v) is 0.871. The van der Waals surface area contributed by atoms with Crippen molar-refractivity contribution in [2.24, 2.45) is 5.92 Å². The summed E-state index contributed by atoms with van der Waals surface area (Å²) in [6.45, 7) is 1.48. The SMILES string of the molecule is CNC(=O)NC(C=O)CC(C)C(=O)O. The molecule has 14 heavy (non-hydrogen) atoms. The first-order valence-electron chi connectivity index (χ1n) is 4.17. The number of aliphatic carboxylic acids is 1. The molecule has 0 aromatic heterocycles. The van der Waals surface area contributed by atoms with Crippen LogP contribution in [0.4, 0.5) is 4.79 Å². The summed E-state index contributed by atoms with van der Waals surface area (Å²) >= 11 is 0. The maximum atomic E-state index is 10.8. The minimum absolute atomic E-state index is 0.0895. The first kappa shape index (κ1) is 12.4.